The number of guanidine groups is 1. The maximum atomic E-state index is 6.03. The molecule has 146 valence electrons. The molecule has 0 amide bonds. The van der Waals surface area contributed by atoms with Crippen LogP contribution in [0.3, 0.4) is 0 Å². The van der Waals surface area contributed by atoms with Gasteiger partial charge in [0.2, 0.25) is 0 Å². The van der Waals surface area contributed by atoms with Gasteiger partial charge in [-0.2, -0.15) is 0 Å². The number of hydrogen-bond donors (Lipinski definition) is 2. The van der Waals surface area contributed by atoms with Crippen molar-refractivity contribution in [1.29, 1.82) is 0 Å². The summed E-state index contributed by atoms with van der Waals surface area (Å²) < 4.78 is 5.41. The van der Waals surface area contributed by atoms with Crippen LogP contribution in [-0.4, -0.2) is 49.2 Å². The van der Waals surface area contributed by atoms with E-state index in [9.17, 15) is 0 Å². The van der Waals surface area contributed by atoms with Crippen molar-refractivity contribution in [2.45, 2.75) is 57.8 Å². The van der Waals surface area contributed by atoms with E-state index in [1.807, 2.05) is 18.2 Å². The second-order valence-electron chi connectivity index (χ2n) is 7.01. The summed E-state index contributed by atoms with van der Waals surface area (Å²) >= 11 is 6.03. The molecule has 1 aromatic carbocycles. The van der Waals surface area contributed by atoms with Crippen LogP contribution >= 0.6 is 35.6 Å². The van der Waals surface area contributed by atoms with Crippen molar-refractivity contribution in [2.75, 3.05) is 20.2 Å². The molecule has 7 heteroatoms. The van der Waals surface area contributed by atoms with Crippen molar-refractivity contribution in [2.24, 2.45) is 4.99 Å². The molecule has 1 aromatic rings. The topological polar surface area (TPSA) is 48.9 Å². The van der Waals surface area contributed by atoms with Crippen molar-refractivity contribution in [3.63, 3.8) is 0 Å². The Kier molecular flexibility index (Phi) is 8.29. The predicted octanol–water partition coefficient (Wildman–Crippen LogP) is 3.65. The molecule has 0 spiro atoms. The molecule has 2 fully saturated rings. The minimum absolute atomic E-state index is 0. The summed E-state index contributed by atoms with van der Waals surface area (Å²) in [6.45, 7) is 6.94. The SMILES string of the molecule is CCNC(=NCc1ccc(Cl)cc1OC)NC1CC(C)N(C2CC2)C1.I. The van der Waals surface area contributed by atoms with Gasteiger partial charge in [-0.15, -0.1) is 24.0 Å². The lowest BCUT2D eigenvalue weighted by Gasteiger charge is -2.20. The smallest absolute Gasteiger partial charge is 0.191 e. The summed E-state index contributed by atoms with van der Waals surface area (Å²) in [6.07, 6.45) is 3.90. The molecule has 1 heterocycles. The third-order valence-electron chi connectivity index (χ3n) is 4.98. The Hall–Kier alpha value is -0.730. The summed E-state index contributed by atoms with van der Waals surface area (Å²) in [5, 5.41) is 7.64. The first-order valence-corrected chi connectivity index (χ1v) is 9.61. The number of benzene rings is 1. The van der Waals surface area contributed by atoms with Gasteiger partial charge >= 0.3 is 0 Å². The molecule has 2 unspecified atom stereocenters. The normalized spacial score (nSPS) is 23.5. The van der Waals surface area contributed by atoms with E-state index >= 15 is 0 Å². The Balaban J connectivity index is 0.00000243. The van der Waals surface area contributed by atoms with Crippen LogP contribution in [0.4, 0.5) is 0 Å². The zero-order valence-corrected chi connectivity index (χ0v) is 18.9. The molecule has 0 aromatic heterocycles. The lowest BCUT2D eigenvalue weighted by molar-refractivity contribution is 0.256. The molecular weight excluding hydrogens is 463 g/mol. The summed E-state index contributed by atoms with van der Waals surface area (Å²) in [5.74, 6) is 1.65. The van der Waals surface area contributed by atoms with Crippen molar-refractivity contribution in [1.82, 2.24) is 15.5 Å². The molecule has 26 heavy (non-hydrogen) atoms. The Morgan fingerprint density at radius 1 is 1.38 bits per heavy atom. The molecule has 2 N–H and O–H groups in total. The lowest BCUT2D eigenvalue weighted by atomic mass is 10.2. The van der Waals surface area contributed by atoms with Crippen LogP contribution in [-0.2, 0) is 6.54 Å². The number of methoxy groups -OCH3 is 1. The molecule has 1 aliphatic carbocycles. The van der Waals surface area contributed by atoms with E-state index in [1.165, 1.54) is 19.3 Å². The van der Waals surface area contributed by atoms with Crippen LogP contribution in [0.1, 0.15) is 38.7 Å². The molecule has 1 saturated heterocycles. The average molecular weight is 493 g/mol. The van der Waals surface area contributed by atoms with Crippen LogP contribution in [0.2, 0.25) is 5.02 Å². The first kappa shape index (κ1) is 21.6. The Morgan fingerprint density at radius 2 is 2.15 bits per heavy atom. The number of nitrogens with zero attached hydrogens (tertiary/aromatic N) is 2. The van der Waals surface area contributed by atoms with Gasteiger partial charge in [-0.3, -0.25) is 4.90 Å². The van der Waals surface area contributed by atoms with E-state index in [0.29, 0.717) is 23.7 Å². The number of halogens is 2. The van der Waals surface area contributed by atoms with Crippen LogP contribution in [0.25, 0.3) is 0 Å². The van der Waals surface area contributed by atoms with E-state index < -0.39 is 0 Å². The fourth-order valence-electron chi connectivity index (χ4n) is 3.60. The van der Waals surface area contributed by atoms with Gasteiger partial charge in [0, 0.05) is 41.8 Å². The summed E-state index contributed by atoms with van der Waals surface area (Å²) in [7, 11) is 1.66. The molecule has 0 radical (unpaired) electrons. The predicted molar refractivity (Wildman–Crippen MR) is 119 cm³/mol. The first-order chi connectivity index (χ1) is 12.1. The van der Waals surface area contributed by atoms with E-state index in [4.69, 9.17) is 21.3 Å². The van der Waals surface area contributed by atoms with Gasteiger partial charge < -0.3 is 15.4 Å². The van der Waals surface area contributed by atoms with Gasteiger partial charge in [0.05, 0.1) is 13.7 Å². The zero-order chi connectivity index (χ0) is 17.8. The van der Waals surface area contributed by atoms with Crippen LogP contribution in [0.15, 0.2) is 23.2 Å². The van der Waals surface area contributed by atoms with E-state index in [-0.39, 0.29) is 24.0 Å². The maximum Gasteiger partial charge on any atom is 0.191 e. The van der Waals surface area contributed by atoms with Gasteiger partial charge in [-0.05, 0) is 45.2 Å². The fraction of sp³-hybridized carbons (Fsp3) is 0.632. The highest BCUT2D eigenvalue weighted by Gasteiger charge is 2.38. The van der Waals surface area contributed by atoms with E-state index in [1.54, 1.807) is 7.11 Å². The molecule has 2 atom stereocenters. The number of aliphatic imine (C=N–C) groups is 1. The third-order valence-corrected chi connectivity index (χ3v) is 5.22. The van der Waals surface area contributed by atoms with Gasteiger partial charge in [0.15, 0.2) is 5.96 Å². The summed E-state index contributed by atoms with van der Waals surface area (Å²) in [4.78, 5) is 7.39. The van der Waals surface area contributed by atoms with Crippen molar-refractivity contribution in [3.05, 3.63) is 28.8 Å². The van der Waals surface area contributed by atoms with Crippen LogP contribution < -0.4 is 15.4 Å². The molecule has 3 rings (SSSR count). The summed E-state index contributed by atoms with van der Waals surface area (Å²) in [5.41, 5.74) is 1.03. The number of rotatable bonds is 6. The van der Waals surface area contributed by atoms with Crippen molar-refractivity contribution < 1.29 is 4.74 Å². The zero-order valence-electron chi connectivity index (χ0n) is 15.8. The largest absolute Gasteiger partial charge is 0.496 e. The fourth-order valence-corrected chi connectivity index (χ4v) is 3.76. The van der Waals surface area contributed by atoms with Gasteiger partial charge in [-0.25, -0.2) is 4.99 Å². The molecular formula is C19H30ClIN4O. The number of likely N-dealkylation sites (tertiary alicyclic amines) is 1. The Labute approximate surface area is 178 Å². The second kappa shape index (κ2) is 9.99. The number of nitrogens with one attached hydrogen (secondary N) is 2. The Morgan fingerprint density at radius 3 is 2.81 bits per heavy atom. The second-order valence-corrected chi connectivity index (χ2v) is 7.44. The average Bonchev–Trinajstić information content (AvgIpc) is 3.37. The van der Waals surface area contributed by atoms with Gasteiger partial charge in [-0.1, -0.05) is 17.7 Å². The minimum atomic E-state index is 0. The summed E-state index contributed by atoms with van der Waals surface area (Å²) in [6, 6.07) is 7.62. The number of hydrogen-bond acceptors (Lipinski definition) is 3. The highest BCUT2D eigenvalue weighted by molar-refractivity contribution is 14.0. The Bertz CT molecular complexity index is 624. The van der Waals surface area contributed by atoms with Crippen LogP contribution in [0.5, 0.6) is 5.75 Å². The quantitative estimate of drug-likeness (QED) is 0.362. The molecule has 5 nitrogen and oxygen atoms in total. The minimum Gasteiger partial charge on any atom is -0.496 e. The maximum absolute atomic E-state index is 6.03. The van der Waals surface area contributed by atoms with Crippen molar-refractivity contribution >= 4 is 41.5 Å². The third kappa shape index (κ3) is 5.63. The standard InChI is InChI=1S/C19H29ClN4O.HI/c1-4-21-19(22-11-14-5-6-15(20)10-18(14)25-3)23-16-9-13(2)24(12-16)17-7-8-17;/h5-6,10,13,16-17H,4,7-9,11-12H2,1-3H3,(H2,21,22,23);1H. The van der Waals surface area contributed by atoms with Crippen molar-refractivity contribution in [3.8, 4) is 5.75 Å². The lowest BCUT2D eigenvalue weighted by Crippen LogP contribution is -2.44. The molecule has 1 saturated carbocycles. The van der Waals surface area contributed by atoms with Gasteiger partial charge in [0.25, 0.3) is 0 Å². The molecule has 0 bridgehead atoms. The molecule has 1 aliphatic heterocycles. The number of ether oxygens (including phenoxy) is 1. The van der Waals surface area contributed by atoms with E-state index in [0.717, 1.165) is 36.4 Å². The van der Waals surface area contributed by atoms with E-state index in [2.05, 4.69) is 29.4 Å². The highest BCUT2D eigenvalue weighted by atomic mass is 127. The van der Waals surface area contributed by atoms with Gasteiger partial charge in [0.1, 0.15) is 5.75 Å². The molecule has 2 aliphatic rings. The monoisotopic (exact) mass is 492 g/mol. The first-order valence-electron chi connectivity index (χ1n) is 9.23. The highest BCUT2D eigenvalue weighted by Crippen LogP contribution is 2.33. The van der Waals surface area contributed by atoms with Crippen LogP contribution in [0, 0.1) is 0 Å².